The Kier molecular flexibility index (Phi) is 6.44. The summed E-state index contributed by atoms with van der Waals surface area (Å²) in [6.45, 7) is 1.85. The standard InChI is InChI=1S/C21H24N4O5S/c1-13-10-20(27)24-19-6-4-14(11-16(13)19)23-21(28)17-12-15(31(29,30)25(2)3)5-7-18(17)22-8-9-26/h4-7,10-12,22,26H,8-9H2,1-3H3,(H,23,28)(H,24,27). The number of carbonyl (C=O) groups excluding carboxylic acids is 1. The molecular formula is C21H24N4O5S. The van der Waals surface area contributed by atoms with Crippen LogP contribution in [0.5, 0.6) is 0 Å². The minimum absolute atomic E-state index is 0.0240. The number of nitrogens with one attached hydrogen (secondary N) is 3. The van der Waals surface area contributed by atoms with E-state index in [0.717, 1.165) is 15.3 Å². The van der Waals surface area contributed by atoms with Gasteiger partial charge in [-0.1, -0.05) is 0 Å². The van der Waals surface area contributed by atoms with E-state index in [4.69, 9.17) is 5.11 Å². The van der Waals surface area contributed by atoms with Crippen LogP contribution in [-0.4, -0.2) is 56.0 Å². The zero-order valence-electron chi connectivity index (χ0n) is 17.4. The highest BCUT2D eigenvalue weighted by Gasteiger charge is 2.21. The zero-order valence-corrected chi connectivity index (χ0v) is 18.2. The second kappa shape index (κ2) is 8.88. The van der Waals surface area contributed by atoms with E-state index >= 15 is 0 Å². The number of H-pyrrole nitrogens is 1. The van der Waals surface area contributed by atoms with Gasteiger partial charge in [-0.25, -0.2) is 12.7 Å². The number of amides is 1. The lowest BCUT2D eigenvalue weighted by Crippen LogP contribution is -2.23. The number of benzene rings is 2. The van der Waals surface area contributed by atoms with Crippen molar-refractivity contribution in [1.29, 1.82) is 0 Å². The summed E-state index contributed by atoms with van der Waals surface area (Å²) in [5, 5.41) is 15.6. The Morgan fingerprint density at radius 2 is 1.87 bits per heavy atom. The third-order valence-corrected chi connectivity index (χ3v) is 6.56. The van der Waals surface area contributed by atoms with Gasteiger partial charge in [-0.05, 0) is 48.9 Å². The molecule has 0 saturated heterocycles. The van der Waals surface area contributed by atoms with Gasteiger partial charge in [-0.2, -0.15) is 0 Å². The summed E-state index contributed by atoms with van der Waals surface area (Å²) >= 11 is 0. The van der Waals surface area contributed by atoms with Gasteiger partial charge in [0, 0.05) is 49.0 Å². The predicted molar refractivity (Wildman–Crippen MR) is 120 cm³/mol. The first-order chi connectivity index (χ1) is 14.6. The summed E-state index contributed by atoms with van der Waals surface area (Å²) in [5.74, 6) is -0.516. The van der Waals surface area contributed by atoms with Crippen LogP contribution in [0.25, 0.3) is 10.9 Å². The van der Waals surface area contributed by atoms with E-state index in [-0.39, 0.29) is 29.2 Å². The molecule has 0 fully saturated rings. The molecule has 0 aliphatic rings. The minimum atomic E-state index is -3.74. The quantitative estimate of drug-likeness (QED) is 0.439. The number of carbonyl (C=O) groups is 1. The maximum absolute atomic E-state index is 13.0. The lowest BCUT2D eigenvalue weighted by atomic mass is 10.1. The molecule has 3 aromatic rings. The summed E-state index contributed by atoms with van der Waals surface area (Å²) in [4.78, 5) is 27.4. The normalized spacial score (nSPS) is 11.6. The summed E-state index contributed by atoms with van der Waals surface area (Å²) in [5.41, 5.74) is 2.20. The number of sulfonamides is 1. The average Bonchev–Trinajstić information content (AvgIpc) is 2.72. The summed E-state index contributed by atoms with van der Waals surface area (Å²) in [7, 11) is -0.916. The molecule has 0 bridgehead atoms. The van der Waals surface area contributed by atoms with Crippen LogP contribution < -0.4 is 16.2 Å². The van der Waals surface area contributed by atoms with Crippen LogP contribution in [0.1, 0.15) is 15.9 Å². The van der Waals surface area contributed by atoms with Crippen molar-refractivity contribution >= 4 is 38.2 Å². The Bertz CT molecular complexity index is 1300. The lowest BCUT2D eigenvalue weighted by molar-refractivity contribution is 0.102. The highest BCUT2D eigenvalue weighted by molar-refractivity contribution is 7.89. The Morgan fingerprint density at radius 3 is 2.55 bits per heavy atom. The molecule has 0 saturated carbocycles. The molecule has 0 unspecified atom stereocenters. The van der Waals surface area contributed by atoms with Crippen LogP contribution in [0, 0.1) is 6.92 Å². The first kappa shape index (κ1) is 22.5. The molecule has 31 heavy (non-hydrogen) atoms. The Labute approximate surface area is 179 Å². The first-order valence-corrected chi connectivity index (χ1v) is 10.9. The van der Waals surface area contributed by atoms with Gasteiger partial charge in [-0.15, -0.1) is 0 Å². The molecule has 3 rings (SSSR count). The van der Waals surface area contributed by atoms with Gasteiger partial charge in [0.2, 0.25) is 15.6 Å². The highest BCUT2D eigenvalue weighted by atomic mass is 32.2. The smallest absolute Gasteiger partial charge is 0.257 e. The summed E-state index contributed by atoms with van der Waals surface area (Å²) in [6, 6.07) is 10.8. The van der Waals surface area contributed by atoms with E-state index in [9.17, 15) is 18.0 Å². The molecule has 4 N–H and O–H groups in total. The third kappa shape index (κ3) is 4.76. The molecule has 1 amide bonds. The molecule has 9 nitrogen and oxygen atoms in total. The number of hydrogen-bond donors (Lipinski definition) is 4. The third-order valence-electron chi connectivity index (χ3n) is 4.75. The van der Waals surface area contributed by atoms with Crippen LogP contribution in [0.15, 0.2) is 52.2 Å². The van der Waals surface area contributed by atoms with Crippen molar-refractivity contribution < 1.29 is 18.3 Å². The van der Waals surface area contributed by atoms with Gasteiger partial charge in [0.05, 0.1) is 17.1 Å². The first-order valence-electron chi connectivity index (χ1n) is 9.50. The van der Waals surface area contributed by atoms with Gasteiger partial charge in [-0.3, -0.25) is 9.59 Å². The second-order valence-corrected chi connectivity index (χ2v) is 9.33. The number of aromatic nitrogens is 1. The van der Waals surface area contributed by atoms with Gasteiger partial charge < -0.3 is 20.7 Å². The molecule has 0 radical (unpaired) electrons. The van der Waals surface area contributed by atoms with Crippen molar-refractivity contribution in [2.75, 3.05) is 37.9 Å². The van der Waals surface area contributed by atoms with Crippen LogP contribution in [-0.2, 0) is 10.0 Å². The van der Waals surface area contributed by atoms with Crippen LogP contribution in [0.2, 0.25) is 0 Å². The van der Waals surface area contributed by atoms with E-state index in [0.29, 0.717) is 16.9 Å². The Hall–Kier alpha value is -3.21. The number of aliphatic hydroxyl groups is 1. The number of pyridine rings is 1. The zero-order chi connectivity index (χ0) is 22.8. The maximum atomic E-state index is 13.0. The van der Waals surface area contributed by atoms with E-state index < -0.39 is 15.9 Å². The van der Waals surface area contributed by atoms with Gasteiger partial charge in [0.1, 0.15) is 0 Å². The number of aryl methyl sites for hydroxylation is 1. The second-order valence-electron chi connectivity index (χ2n) is 7.18. The van der Waals surface area contributed by atoms with Crippen LogP contribution in [0.3, 0.4) is 0 Å². The average molecular weight is 445 g/mol. The molecule has 0 spiro atoms. The largest absolute Gasteiger partial charge is 0.395 e. The van der Waals surface area contributed by atoms with Crippen molar-refractivity contribution in [3.63, 3.8) is 0 Å². The highest BCUT2D eigenvalue weighted by Crippen LogP contribution is 2.25. The van der Waals surface area contributed by atoms with E-state index in [1.54, 1.807) is 25.1 Å². The van der Waals surface area contributed by atoms with Crippen molar-refractivity contribution in [2.45, 2.75) is 11.8 Å². The molecule has 0 aliphatic carbocycles. The maximum Gasteiger partial charge on any atom is 0.257 e. The number of fused-ring (bicyclic) bond motifs is 1. The summed E-state index contributed by atoms with van der Waals surface area (Å²) in [6.07, 6.45) is 0. The van der Waals surface area contributed by atoms with Crippen LogP contribution in [0.4, 0.5) is 11.4 Å². The lowest BCUT2D eigenvalue weighted by Gasteiger charge is -2.16. The number of anilines is 2. The number of nitrogens with zero attached hydrogens (tertiary/aromatic N) is 1. The number of hydrogen-bond acceptors (Lipinski definition) is 6. The number of rotatable bonds is 7. The van der Waals surface area contributed by atoms with E-state index in [1.807, 2.05) is 0 Å². The molecule has 2 aromatic carbocycles. The van der Waals surface area contributed by atoms with Gasteiger partial charge in [0.15, 0.2) is 0 Å². The van der Waals surface area contributed by atoms with Crippen molar-refractivity contribution in [1.82, 2.24) is 9.29 Å². The van der Waals surface area contributed by atoms with Crippen molar-refractivity contribution in [3.8, 4) is 0 Å². The predicted octanol–water partition coefficient (Wildman–Crippen LogP) is 1.74. The molecule has 1 aromatic heterocycles. The topological polar surface area (TPSA) is 132 Å². The molecule has 164 valence electrons. The molecular weight excluding hydrogens is 420 g/mol. The SMILES string of the molecule is Cc1cc(=O)[nH]c2ccc(NC(=O)c3cc(S(=O)(=O)N(C)C)ccc3NCCO)cc12. The fraction of sp³-hybridized carbons (Fsp3) is 0.238. The fourth-order valence-electron chi connectivity index (χ4n) is 3.13. The number of aromatic amines is 1. The molecule has 1 heterocycles. The Balaban J connectivity index is 2.01. The van der Waals surface area contributed by atoms with E-state index in [2.05, 4.69) is 15.6 Å². The monoisotopic (exact) mass is 444 g/mol. The summed E-state index contributed by atoms with van der Waals surface area (Å²) < 4.78 is 26.1. The number of aliphatic hydroxyl groups excluding tert-OH is 1. The van der Waals surface area contributed by atoms with Gasteiger partial charge in [0.25, 0.3) is 5.91 Å². The minimum Gasteiger partial charge on any atom is -0.395 e. The van der Waals surface area contributed by atoms with Gasteiger partial charge >= 0.3 is 0 Å². The molecule has 0 atom stereocenters. The molecule has 10 heteroatoms. The van der Waals surface area contributed by atoms with Crippen molar-refractivity contribution in [2.24, 2.45) is 0 Å². The molecule has 0 aliphatic heterocycles. The van der Waals surface area contributed by atoms with Crippen molar-refractivity contribution in [3.05, 3.63) is 63.9 Å². The fourth-order valence-corrected chi connectivity index (χ4v) is 4.05. The van der Waals surface area contributed by atoms with E-state index in [1.165, 1.54) is 38.4 Å². The van der Waals surface area contributed by atoms with Crippen LogP contribution >= 0.6 is 0 Å². The Morgan fingerprint density at radius 1 is 1.13 bits per heavy atom.